The highest BCUT2D eigenvalue weighted by atomic mass is 16.5. The summed E-state index contributed by atoms with van der Waals surface area (Å²) in [7, 11) is 5.04. The Bertz CT molecular complexity index is 1960. The molecule has 0 fully saturated rings. The number of ether oxygens (including phenoxy) is 4. The average Bonchev–Trinajstić information content (AvgIpc) is 3.41. The number of methoxy groups -OCH3 is 3. The maximum Gasteiger partial charge on any atom is 0.178 e. The van der Waals surface area contributed by atoms with Crippen molar-refractivity contribution in [2.24, 2.45) is 0 Å². The molecule has 5 aromatic carbocycles. The average molecular weight is 594 g/mol. The normalized spacial score (nSPS) is 14.9. The summed E-state index contributed by atoms with van der Waals surface area (Å²) < 4.78 is 24.2. The Labute approximate surface area is 264 Å². The molecule has 0 saturated heterocycles. The smallest absolute Gasteiger partial charge is 0.178 e. The first-order chi connectivity index (χ1) is 22.0. The molecule has 1 aliphatic carbocycles. The number of hydrogen-bond acceptors (Lipinski definition) is 5. The number of rotatable bonds is 7. The van der Waals surface area contributed by atoms with Gasteiger partial charge in [-0.05, 0) is 101 Å². The lowest BCUT2D eigenvalue weighted by atomic mass is 9.71. The van der Waals surface area contributed by atoms with Gasteiger partial charge in [0.05, 0.1) is 33.0 Å². The van der Waals surface area contributed by atoms with Gasteiger partial charge in [-0.1, -0.05) is 50.3 Å². The monoisotopic (exact) mass is 593 g/mol. The zero-order chi connectivity index (χ0) is 31.3. The molecule has 1 aliphatic heterocycles. The van der Waals surface area contributed by atoms with Crippen LogP contribution < -0.4 is 18.9 Å². The van der Waals surface area contributed by atoms with Crippen molar-refractivity contribution >= 4 is 16.8 Å². The second-order valence-corrected chi connectivity index (χ2v) is 11.7. The van der Waals surface area contributed by atoms with Gasteiger partial charge in [-0.15, -0.1) is 0 Å². The number of nitriles is 1. The summed E-state index contributed by atoms with van der Waals surface area (Å²) in [5.41, 5.74) is 7.38. The second kappa shape index (κ2) is 10.7. The van der Waals surface area contributed by atoms with Crippen molar-refractivity contribution in [1.82, 2.24) is 0 Å². The van der Waals surface area contributed by atoms with E-state index in [1.807, 2.05) is 36.4 Å². The van der Waals surface area contributed by atoms with E-state index in [-0.39, 0.29) is 5.41 Å². The molecule has 0 spiro atoms. The molecular formula is C40H35NO4. The molecule has 7 rings (SSSR count). The van der Waals surface area contributed by atoms with Crippen LogP contribution in [0.25, 0.3) is 28.0 Å². The number of hydrogen-bond donors (Lipinski definition) is 0. The van der Waals surface area contributed by atoms with Crippen molar-refractivity contribution in [2.75, 3.05) is 21.3 Å². The Morgan fingerprint density at radius 3 is 1.87 bits per heavy atom. The fourth-order valence-corrected chi connectivity index (χ4v) is 7.53. The largest absolute Gasteiger partial charge is 0.497 e. The van der Waals surface area contributed by atoms with Gasteiger partial charge in [-0.3, -0.25) is 0 Å². The summed E-state index contributed by atoms with van der Waals surface area (Å²) in [5, 5.41) is 11.9. The van der Waals surface area contributed by atoms with Crippen LogP contribution in [0.4, 0.5) is 0 Å². The van der Waals surface area contributed by atoms with Gasteiger partial charge in [0.25, 0.3) is 0 Å². The highest BCUT2D eigenvalue weighted by Gasteiger charge is 2.47. The van der Waals surface area contributed by atoms with E-state index in [0.29, 0.717) is 5.56 Å². The molecule has 5 heteroatoms. The summed E-state index contributed by atoms with van der Waals surface area (Å²) in [6.07, 6.45) is 6.22. The van der Waals surface area contributed by atoms with Crippen LogP contribution >= 0.6 is 0 Å². The topological polar surface area (TPSA) is 60.7 Å². The third-order valence-electron chi connectivity index (χ3n) is 9.91. The van der Waals surface area contributed by atoms with E-state index < -0.39 is 5.60 Å². The molecule has 0 saturated carbocycles. The van der Waals surface area contributed by atoms with Gasteiger partial charge in [0, 0.05) is 27.5 Å². The number of nitrogens with zero attached hydrogens (tertiary/aromatic N) is 1. The van der Waals surface area contributed by atoms with E-state index in [1.54, 1.807) is 21.3 Å². The van der Waals surface area contributed by atoms with Crippen molar-refractivity contribution < 1.29 is 18.9 Å². The van der Waals surface area contributed by atoms with Gasteiger partial charge in [0.15, 0.2) is 5.60 Å². The molecule has 0 aromatic heterocycles. The van der Waals surface area contributed by atoms with Crippen molar-refractivity contribution in [3.8, 4) is 40.2 Å². The Kier molecular flexibility index (Phi) is 6.82. The molecule has 0 atom stereocenters. The third kappa shape index (κ3) is 4.05. The SMILES string of the molecule is CCC1(CC)c2cc(C#N)ccc2-c2c1c1c(c3cc(OC)ccc23)OC(c2ccc(OC)cc2)(c2ccc(OC)cc2)C=C1. The predicted octanol–water partition coefficient (Wildman–Crippen LogP) is 9.17. The first-order valence-corrected chi connectivity index (χ1v) is 15.4. The fourth-order valence-electron chi connectivity index (χ4n) is 7.53. The van der Waals surface area contributed by atoms with Gasteiger partial charge in [-0.2, -0.15) is 5.26 Å². The molecule has 45 heavy (non-hydrogen) atoms. The molecule has 0 N–H and O–H groups in total. The minimum absolute atomic E-state index is 0.274. The van der Waals surface area contributed by atoms with Gasteiger partial charge < -0.3 is 18.9 Å². The van der Waals surface area contributed by atoms with Crippen molar-refractivity contribution in [2.45, 2.75) is 37.7 Å². The lowest BCUT2D eigenvalue weighted by Gasteiger charge is -2.39. The van der Waals surface area contributed by atoms with Crippen molar-refractivity contribution in [3.05, 3.63) is 124 Å². The number of benzene rings is 5. The minimum Gasteiger partial charge on any atom is -0.497 e. The molecular weight excluding hydrogens is 558 g/mol. The van der Waals surface area contributed by atoms with Crippen LogP contribution in [0.5, 0.6) is 23.0 Å². The molecule has 5 aromatic rings. The van der Waals surface area contributed by atoms with Crippen molar-refractivity contribution in [1.29, 1.82) is 5.26 Å². The van der Waals surface area contributed by atoms with Crippen LogP contribution in [0.2, 0.25) is 0 Å². The summed E-state index contributed by atoms with van der Waals surface area (Å²) >= 11 is 0. The molecule has 0 amide bonds. The summed E-state index contributed by atoms with van der Waals surface area (Å²) in [6.45, 7) is 4.50. The molecule has 1 heterocycles. The quantitative estimate of drug-likeness (QED) is 0.188. The van der Waals surface area contributed by atoms with Crippen LogP contribution in [0.15, 0.2) is 91.0 Å². The lowest BCUT2D eigenvalue weighted by molar-refractivity contribution is 0.163. The van der Waals surface area contributed by atoms with Crippen LogP contribution in [-0.2, 0) is 11.0 Å². The van der Waals surface area contributed by atoms with Crippen LogP contribution in [0, 0.1) is 11.3 Å². The fraction of sp³-hybridized carbons (Fsp3) is 0.225. The minimum atomic E-state index is -0.920. The van der Waals surface area contributed by atoms with Gasteiger partial charge in [-0.25, -0.2) is 0 Å². The maximum atomic E-state index is 9.85. The van der Waals surface area contributed by atoms with E-state index >= 15 is 0 Å². The predicted molar refractivity (Wildman–Crippen MR) is 178 cm³/mol. The van der Waals surface area contributed by atoms with Gasteiger partial charge in [0.2, 0.25) is 0 Å². The summed E-state index contributed by atoms with van der Waals surface area (Å²) in [5.74, 6) is 3.14. The molecule has 0 unspecified atom stereocenters. The van der Waals surface area contributed by atoms with Gasteiger partial charge in [0.1, 0.15) is 23.0 Å². The van der Waals surface area contributed by atoms with E-state index in [9.17, 15) is 5.26 Å². The summed E-state index contributed by atoms with van der Waals surface area (Å²) in [4.78, 5) is 0. The van der Waals surface area contributed by atoms with Gasteiger partial charge >= 0.3 is 0 Å². The Balaban J connectivity index is 1.57. The van der Waals surface area contributed by atoms with Crippen LogP contribution in [0.1, 0.15) is 60.1 Å². The molecule has 224 valence electrons. The molecule has 0 bridgehead atoms. The standard InChI is InChI=1S/C40H35NO4/c1-6-39(7-2)35-22-25(24-41)8-18-32(35)36-31-19-17-30(44-5)23-34(31)38-33(37(36)39)20-21-40(45-38,26-9-13-28(42-3)14-10-26)27-11-15-29(43-4)16-12-27/h8-23H,6-7H2,1-5H3. The number of fused-ring (bicyclic) bond motifs is 8. The third-order valence-corrected chi connectivity index (χ3v) is 9.91. The molecule has 0 radical (unpaired) electrons. The Morgan fingerprint density at radius 1 is 0.711 bits per heavy atom. The molecule has 2 aliphatic rings. The summed E-state index contributed by atoms with van der Waals surface area (Å²) in [6, 6.07) is 30.9. The molecule has 5 nitrogen and oxygen atoms in total. The Hall–Kier alpha value is -5.21. The van der Waals surface area contributed by atoms with E-state index in [0.717, 1.165) is 63.3 Å². The first kappa shape index (κ1) is 28.6. The highest BCUT2D eigenvalue weighted by molar-refractivity contribution is 6.09. The first-order valence-electron chi connectivity index (χ1n) is 15.4. The van der Waals surface area contributed by atoms with E-state index in [1.165, 1.54) is 22.3 Å². The Morgan fingerprint density at radius 2 is 1.31 bits per heavy atom. The zero-order valence-corrected chi connectivity index (χ0v) is 26.2. The van der Waals surface area contributed by atoms with E-state index in [2.05, 4.69) is 80.6 Å². The van der Waals surface area contributed by atoms with E-state index in [4.69, 9.17) is 18.9 Å². The van der Waals surface area contributed by atoms with Crippen LogP contribution in [0.3, 0.4) is 0 Å². The highest BCUT2D eigenvalue weighted by Crippen LogP contribution is 2.60. The maximum absolute atomic E-state index is 9.85. The lowest BCUT2D eigenvalue weighted by Crippen LogP contribution is -2.35. The zero-order valence-electron chi connectivity index (χ0n) is 26.2. The second-order valence-electron chi connectivity index (χ2n) is 11.7. The van der Waals surface area contributed by atoms with Crippen molar-refractivity contribution in [3.63, 3.8) is 0 Å². The van der Waals surface area contributed by atoms with Crippen LogP contribution in [-0.4, -0.2) is 21.3 Å².